The van der Waals surface area contributed by atoms with Gasteiger partial charge in [0.05, 0.1) is 13.2 Å². The summed E-state index contributed by atoms with van der Waals surface area (Å²) >= 11 is 0. The highest BCUT2D eigenvalue weighted by Gasteiger charge is 2.09. The number of aliphatic imine (C=N–C) groups is 1. The number of hydrogen-bond acceptors (Lipinski definition) is 3. The van der Waals surface area contributed by atoms with Crippen LogP contribution in [-0.2, 0) is 4.74 Å². The van der Waals surface area contributed by atoms with Gasteiger partial charge in [-0.15, -0.1) is 24.0 Å². The largest absolute Gasteiger partial charge is 0.396 e. The molecule has 1 aromatic rings. The first-order chi connectivity index (χ1) is 10.3. The number of halogens is 1. The number of rotatable bonds is 9. The summed E-state index contributed by atoms with van der Waals surface area (Å²) < 4.78 is 5.02. The molecule has 1 unspecified atom stereocenters. The summed E-state index contributed by atoms with van der Waals surface area (Å²) in [7, 11) is 1.70. The number of hydrogen-bond donors (Lipinski definition) is 3. The maximum atomic E-state index is 9.54. The van der Waals surface area contributed by atoms with Crippen molar-refractivity contribution in [3.05, 3.63) is 35.9 Å². The summed E-state index contributed by atoms with van der Waals surface area (Å²) in [6, 6.07) is 9.99. The molecule has 0 bridgehead atoms. The number of nitrogens with zero attached hydrogens (tertiary/aromatic N) is 1. The minimum absolute atomic E-state index is 0. The minimum Gasteiger partial charge on any atom is -0.396 e. The Labute approximate surface area is 150 Å². The molecule has 0 saturated heterocycles. The first-order valence-electron chi connectivity index (χ1n) is 7.48. The van der Waals surface area contributed by atoms with Crippen LogP contribution in [0.4, 0.5) is 0 Å². The molecule has 3 N–H and O–H groups in total. The number of methoxy groups -OCH3 is 1. The van der Waals surface area contributed by atoms with Crippen molar-refractivity contribution >= 4 is 29.9 Å². The van der Waals surface area contributed by atoms with E-state index in [1.807, 2.05) is 37.3 Å². The molecule has 0 aromatic heterocycles. The second-order valence-electron chi connectivity index (χ2n) is 4.78. The Kier molecular flexibility index (Phi) is 13.2. The van der Waals surface area contributed by atoms with Crippen molar-refractivity contribution in [1.82, 2.24) is 10.6 Å². The molecule has 0 aliphatic carbocycles. The van der Waals surface area contributed by atoms with Crippen molar-refractivity contribution in [3.8, 4) is 0 Å². The number of benzene rings is 1. The van der Waals surface area contributed by atoms with E-state index in [0.717, 1.165) is 37.6 Å². The SMILES string of the molecule is CCNC(=NCC(CO)c1ccccc1)NCCCOC.I. The van der Waals surface area contributed by atoms with Crippen molar-refractivity contribution in [2.45, 2.75) is 19.3 Å². The normalized spacial score (nSPS) is 12.4. The molecule has 1 rings (SSSR count). The van der Waals surface area contributed by atoms with Gasteiger partial charge in [-0.25, -0.2) is 0 Å². The molecule has 1 aromatic carbocycles. The summed E-state index contributed by atoms with van der Waals surface area (Å²) in [4.78, 5) is 4.55. The fourth-order valence-electron chi connectivity index (χ4n) is 1.96. The third-order valence-corrected chi connectivity index (χ3v) is 3.12. The summed E-state index contributed by atoms with van der Waals surface area (Å²) in [5, 5.41) is 16.0. The van der Waals surface area contributed by atoms with Gasteiger partial charge in [-0.2, -0.15) is 0 Å². The van der Waals surface area contributed by atoms with E-state index in [0.29, 0.717) is 6.54 Å². The first kappa shape index (κ1) is 21.1. The van der Waals surface area contributed by atoms with E-state index in [1.54, 1.807) is 7.11 Å². The lowest BCUT2D eigenvalue weighted by molar-refractivity contribution is 0.195. The van der Waals surface area contributed by atoms with Gasteiger partial charge in [0.25, 0.3) is 0 Å². The van der Waals surface area contributed by atoms with E-state index < -0.39 is 0 Å². The molecule has 0 aliphatic rings. The van der Waals surface area contributed by atoms with E-state index in [9.17, 15) is 5.11 Å². The topological polar surface area (TPSA) is 65.9 Å². The van der Waals surface area contributed by atoms with E-state index in [2.05, 4.69) is 15.6 Å². The molecule has 0 amide bonds. The lowest BCUT2D eigenvalue weighted by Crippen LogP contribution is -2.38. The highest BCUT2D eigenvalue weighted by Crippen LogP contribution is 2.14. The third-order valence-electron chi connectivity index (χ3n) is 3.12. The highest BCUT2D eigenvalue weighted by atomic mass is 127. The van der Waals surface area contributed by atoms with Gasteiger partial charge in [-0.05, 0) is 18.9 Å². The van der Waals surface area contributed by atoms with Crippen LogP contribution in [-0.4, -0.2) is 51.0 Å². The summed E-state index contributed by atoms with van der Waals surface area (Å²) in [6.07, 6.45) is 0.934. The highest BCUT2D eigenvalue weighted by molar-refractivity contribution is 14.0. The van der Waals surface area contributed by atoms with Crippen LogP contribution in [0.25, 0.3) is 0 Å². The fraction of sp³-hybridized carbons (Fsp3) is 0.562. The van der Waals surface area contributed by atoms with Crippen LogP contribution in [0.2, 0.25) is 0 Å². The lowest BCUT2D eigenvalue weighted by atomic mass is 10.0. The van der Waals surface area contributed by atoms with Crippen molar-refractivity contribution in [1.29, 1.82) is 0 Å². The smallest absolute Gasteiger partial charge is 0.191 e. The third kappa shape index (κ3) is 8.55. The quantitative estimate of drug-likeness (QED) is 0.247. The zero-order valence-corrected chi connectivity index (χ0v) is 15.7. The molecule has 0 spiro atoms. The Hall–Kier alpha value is -0.860. The Balaban J connectivity index is 0.00000441. The van der Waals surface area contributed by atoms with Crippen LogP contribution >= 0.6 is 24.0 Å². The van der Waals surface area contributed by atoms with Crippen LogP contribution in [0.15, 0.2) is 35.3 Å². The van der Waals surface area contributed by atoms with Gasteiger partial charge in [-0.1, -0.05) is 30.3 Å². The van der Waals surface area contributed by atoms with Gasteiger partial charge in [-0.3, -0.25) is 4.99 Å². The lowest BCUT2D eigenvalue weighted by Gasteiger charge is -2.15. The first-order valence-corrected chi connectivity index (χ1v) is 7.48. The summed E-state index contributed by atoms with van der Waals surface area (Å²) in [6.45, 7) is 5.04. The van der Waals surface area contributed by atoms with E-state index in [4.69, 9.17) is 4.74 Å². The number of nitrogens with one attached hydrogen (secondary N) is 2. The monoisotopic (exact) mass is 421 g/mol. The van der Waals surface area contributed by atoms with Gasteiger partial charge >= 0.3 is 0 Å². The van der Waals surface area contributed by atoms with Gasteiger partial charge < -0.3 is 20.5 Å². The Morgan fingerprint density at radius 3 is 2.59 bits per heavy atom. The summed E-state index contributed by atoms with van der Waals surface area (Å²) in [5.74, 6) is 0.809. The predicted octanol–water partition coefficient (Wildman–Crippen LogP) is 1.97. The van der Waals surface area contributed by atoms with Crippen molar-refractivity contribution in [2.24, 2.45) is 4.99 Å². The molecular formula is C16H28IN3O2. The second-order valence-corrected chi connectivity index (χ2v) is 4.78. The standard InChI is InChI=1S/C16H27N3O2.HI/c1-3-17-16(18-10-7-11-21-2)19-12-15(13-20)14-8-5-4-6-9-14;/h4-6,8-9,15,20H,3,7,10-13H2,1-2H3,(H2,17,18,19);1H. The van der Waals surface area contributed by atoms with Crippen LogP contribution in [0, 0.1) is 0 Å². The van der Waals surface area contributed by atoms with E-state index >= 15 is 0 Å². The van der Waals surface area contributed by atoms with Crippen LogP contribution in [0.3, 0.4) is 0 Å². The maximum absolute atomic E-state index is 9.54. The number of aliphatic hydroxyl groups excluding tert-OH is 1. The molecular weight excluding hydrogens is 393 g/mol. The number of aliphatic hydroxyl groups is 1. The Bertz CT molecular complexity index is 402. The molecule has 126 valence electrons. The van der Waals surface area contributed by atoms with Gasteiger partial charge in [0, 0.05) is 32.7 Å². The van der Waals surface area contributed by atoms with Crippen LogP contribution < -0.4 is 10.6 Å². The van der Waals surface area contributed by atoms with Crippen molar-refractivity contribution in [3.63, 3.8) is 0 Å². The van der Waals surface area contributed by atoms with Gasteiger partial charge in [0.2, 0.25) is 0 Å². The Morgan fingerprint density at radius 1 is 1.27 bits per heavy atom. The minimum atomic E-state index is 0. The van der Waals surface area contributed by atoms with Crippen LogP contribution in [0.1, 0.15) is 24.8 Å². The zero-order valence-electron chi connectivity index (χ0n) is 13.4. The average molecular weight is 421 g/mol. The molecule has 6 heteroatoms. The molecule has 22 heavy (non-hydrogen) atoms. The molecule has 0 aliphatic heterocycles. The fourth-order valence-corrected chi connectivity index (χ4v) is 1.96. The molecule has 1 atom stereocenters. The van der Waals surface area contributed by atoms with E-state index in [1.165, 1.54) is 0 Å². The number of ether oxygens (including phenoxy) is 1. The molecule has 0 heterocycles. The van der Waals surface area contributed by atoms with Crippen molar-refractivity contribution in [2.75, 3.05) is 40.0 Å². The van der Waals surface area contributed by atoms with Gasteiger partial charge in [0.1, 0.15) is 0 Å². The maximum Gasteiger partial charge on any atom is 0.191 e. The zero-order chi connectivity index (χ0) is 15.3. The van der Waals surface area contributed by atoms with Crippen LogP contribution in [0.5, 0.6) is 0 Å². The predicted molar refractivity (Wildman–Crippen MR) is 102 cm³/mol. The van der Waals surface area contributed by atoms with Gasteiger partial charge in [0.15, 0.2) is 5.96 Å². The number of guanidine groups is 1. The molecule has 5 nitrogen and oxygen atoms in total. The molecule has 0 radical (unpaired) electrons. The molecule has 0 fully saturated rings. The Morgan fingerprint density at radius 2 is 2.00 bits per heavy atom. The summed E-state index contributed by atoms with van der Waals surface area (Å²) in [5.41, 5.74) is 1.11. The van der Waals surface area contributed by atoms with Crippen molar-refractivity contribution < 1.29 is 9.84 Å². The van der Waals surface area contributed by atoms with E-state index in [-0.39, 0.29) is 36.5 Å². The molecule has 0 saturated carbocycles. The second kappa shape index (κ2) is 13.8. The average Bonchev–Trinajstić information content (AvgIpc) is 2.53.